The zero-order chi connectivity index (χ0) is 20.4. The van der Waals surface area contributed by atoms with Gasteiger partial charge in [0.25, 0.3) is 0 Å². The van der Waals surface area contributed by atoms with Gasteiger partial charge in [0.1, 0.15) is 29.7 Å². The number of ketones is 1. The van der Waals surface area contributed by atoms with Crippen LogP contribution >= 0.6 is 11.6 Å². The van der Waals surface area contributed by atoms with Crippen molar-refractivity contribution in [3.05, 3.63) is 94.0 Å². The van der Waals surface area contributed by atoms with Crippen LogP contribution in [0.3, 0.4) is 0 Å². The van der Waals surface area contributed by atoms with Crippen molar-refractivity contribution >= 4 is 23.5 Å². The SMILES string of the molecule is COc1ccccc1COc1ccc2c(c1)O/C(=C\c1c(F)cccc1Cl)C2=O. The number of allylic oxidation sites excluding steroid dienone is 1. The lowest BCUT2D eigenvalue weighted by Gasteiger charge is -2.10. The van der Waals surface area contributed by atoms with Crippen molar-refractivity contribution < 1.29 is 23.4 Å². The average molecular weight is 411 g/mol. The van der Waals surface area contributed by atoms with E-state index in [4.69, 9.17) is 25.8 Å². The number of methoxy groups -OCH3 is 1. The second-order valence-electron chi connectivity index (χ2n) is 6.33. The van der Waals surface area contributed by atoms with E-state index in [2.05, 4.69) is 0 Å². The van der Waals surface area contributed by atoms with E-state index in [0.717, 1.165) is 11.3 Å². The van der Waals surface area contributed by atoms with E-state index in [1.54, 1.807) is 31.4 Å². The third-order valence-corrected chi connectivity index (χ3v) is 4.83. The molecule has 29 heavy (non-hydrogen) atoms. The summed E-state index contributed by atoms with van der Waals surface area (Å²) >= 11 is 6.03. The second kappa shape index (κ2) is 7.97. The monoisotopic (exact) mass is 410 g/mol. The van der Waals surface area contributed by atoms with Gasteiger partial charge in [0, 0.05) is 17.2 Å². The standard InChI is InChI=1S/C23H16ClFO4/c1-27-20-8-3-2-5-14(20)13-28-15-9-10-16-21(11-15)29-22(23(16)26)12-17-18(24)6-4-7-19(17)25/h2-12H,13H2,1H3/b22-12-. The summed E-state index contributed by atoms with van der Waals surface area (Å²) in [4.78, 5) is 12.6. The molecule has 1 aliphatic rings. The van der Waals surface area contributed by atoms with Crippen LogP contribution in [0.4, 0.5) is 4.39 Å². The van der Waals surface area contributed by atoms with Crippen molar-refractivity contribution in [2.75, 3.05) is 7.11 Å². The zero-order valence-corrected chi connectivity index (χ0v) is 16.2. The summed E-state index contributed by atoms with van der Waals surface area (Å²) in [7, 11) is 1.60. The Kier molecular flexibility index (Phi) is 5.23. The molecule has 0 aromatic heterocycles. The Balaban J connectivity index is 1.55. The molecule has 0 fully saturated rings. The van der Waals surface area contributed by atoms with Crippen LogP contribution in [0.1, 0.15) is 21.5 Å². The molecule has 0 bridgehead atoms. The van der Waals surface area contributed by atoms with E-state index < -0.39 is 5.82 Å². The minimum atomic E-state index is -0.529. The minimum Gasteiger partial charge on any atom is -0.496 e. The molecule has 4 nitrogen and oxygen atoms in total. The van der Waals surface area contributed by atoms with Crippen LogP contribution in [0.15, 0.2) is 66.4 Å². The zero-order valence-electron chi connectivity index (χ0n) is 15.4. The Morgan fingerprint density at radius 3 is 2.72 bits per heavy atom. The van der Waals surface area contributed by atoms with Crippen molar-refractivity contribution in [1.82, 2.24) is 0 Å². The molecule has 0 saturated carbocycles. The van der Waals surface area contributed by atoms with E-state index in [1.165, 1.54) is 18.2 Å². The van der Waals surface area contributed by atoms with Crippen molar-refractivity contribution in [1.29, 1.82) is 0 Å². The molecule has 1 heterocycles. The molecule has 0 unspecified atom stereocenters. The van der Waals surface area contributed by atoms with Gasteiger partial charge in [-0.2, -0.15) is 0 Å². The molecule has 3 aromatic carbocycles. The van der Waals surface area contributed by atoms with Gasteiger partial charge in [0.05, 0.1) is 17.7 Å². The summed E-state index contributed by atoms with van der Waals surface area (Å²) in [5, 5.41) is 0.200. The van der Waals surface area contributed by atoms with E-state index in [-0.39, 0.29) is 22.1 Å². The Labute approximate surface area is 172 Å². The smallest absolute Gasteiger partial charge is 0.231 e. The summed E-state index contributed by atoms with van der Waals surface area (Å²) in [5.41, 5.74) is 1.38. The van der Waals surface area contributed by atoms with E-state index in [9.17, 15) is 9.18 Å². The molecule has 146 valence electrons. The average Bonchev–Trinajstić information content (AvgIpc) is 3.04. The number of carbonyl (C=O) groups is 1. The van der Waals surface area contributed by atoms with Crippen LogP contribution in [0.5, 0.6) is 17.2 Å². The van der Waals surface area contributed by atoms with Crippen molar-refractivity contribution in [3.8, 4) is 17.2 Å². The fourth-order valence-corrected chi connectivity index (χ4v) is 3.24. The lowest BCUT2D eigenvalue weighted by molar-refractivity contribution is 0.101. The number of rotatable bonds is 5. The highest BCUT2D eigenvalue weighted by molar-refractivity contribution is 6.32. The maximum Gasteiger partial charge on any atom is 0.231 e. The quantitative estimate of drug-likeness (QED) is 0.507. The van der Waals surface area contributed by atoms with Gasteiger partial charge >= 0.3 is 0 Å². The Bertz CT molecular complexity index is 1100. The van der Waals surface area contributed by atoms with Crippen LogP contribution < -0.4 is 14.2 Å². The highest BCUT2D eigenvalue weighted by Gasteiger charge is 2.28. The fourth-order valence-electron chi connectivity index (χ4n) is 3.02. The molecule has 3 aromatic rings. The highest BCUT2D eigenvalue weighted by atomic mass is 35.5. The van der Waals surface area contributed by atoms with Gasteiger partial charge in [-0.3, -0.25) is 4.79 Å². The van der Waals surface area contributed by atoms with E-state index >= 15 is 0 Å². The topological polar surface area (TPSA) is 44.8 Å². The molecule has 0 radical (unpaired) electrons. The van der Waals surface area contributed by atoms with Gasteiger partial charge in [-0.05, 0) is 36.4 Å². The molecule has 6 heteroatoms. The number of hydrogen-bond acceptors (Lipinski definition) is 4. The van der Waals surface area contributed by atoms with Crippen molar-refractivity contribution in [3.63, 3.8) is 0 Å². The van der Waals surface area contributed by atoms with E-state index in [0.29, 0.717) is 23.7 Å². The molecular weight excluding hydrogens is 395 g/mol. The van der Waals surface area contributed by atoms with Gasteiger partial charge in [-0.1, -0.05) is 35.9 Å². The molecule has 0 spiro atoms. The normalized spacial score (nSPS) is 13.9. The first kappa shape index (κ1) is 19.0. The molecule has 0 amide bonds. The number of para-hydroxylation sites is 1. The van der Waals surface area contributed by atoms with Crippen LogP contribution in [0, 0.1) is 5.82 Å². The second-order valence-corrected chi connectivity index (χ2v) is 6.74. The third kappa shape index (κ3) is 3.82. The molecule has 0 saturated heterocycles. The Hall–Kier alpha value is -3.31. The Morgan fingerprint density at radius 2 is 1.93 bits per heavy atom. The van der Waals surface area contributed by atoms with E-state index in [1.807, 2.05) is 24.3 Å². The lowest BCUT2D eigenvalue weighted by Crippen LogP contribution is -1.99. The highest BCUT2D eigenvalue weighted by Crippen LogP contribution is 2.36. The number of carbonyl (C=O) groups excluding carboxylic acids is 1. The molecule has 0 aliphatic carbocycles. The fraction of sp³-hybridized carbons (Fsp3) is 0.0870. The van der Waals surface area contributed by atoms with Crippen LogP contribution in [0.25, 0.3) is 6.08 Å². The third-order valence-electron chi connectivity index (χ3n) is 4.50. The molecule has 0 atom stereocenters. The van der Waals surface area contributed by atoms with Gasteiger partial charge in [-0.25, -0.2) is 4.39 Å². The number of benzene rings is 3. The lowest BCUT2D eigenvalue weighted by atomic mass is 10.1. The van der Waals surface area contributed by atoms with Gasteiger partial charge in [0.15, 0.2) is 5.76 Å². The van der Waals surface area contributed by atoms with Crippen molar-refractivity contribution in [2.24, 2.45) is 0 Å². The molecule has 1 aliphatic heterocycles. The summed E-state index contributed by atoms with van der Waals surface area (Å²) in [6.07, 6.45) is 1.31. The van der Waals surface area contributed by atoms with Gasteiger partial charge in [0.2, 0.25) is 5.78 Å². The first-order valence-electron chi connectivity index (χ1n) is 8.84. The van der Waals surface area contributed by atoms with Crippen LogP contribution in [0.2, 0.25) is 5.02 Å². The first-order valence-corrected chi connectivity index (χ1v) is 9.21. The summed E-state index contributed by atoms with van der Waals surface area (Å²) in [5.74, 6) is 0.758. The molecular formula is C23H16ClFO4. The number of halogens is 2. The maximum atomic E-state index is 14.0. The van der Waals surface area contributed by atoms with Crippen LogP contribution in [-0.4, -0.2) is 12.9 Å². The number of Topliss-reactive ketones (excluding diaryl/α,β-unsaturated/α-hetero) is 1. The van der Waals surface area contributed by atoms with Gasteiger partial charge < -0.3 is 14.2 Å². The molecule has 0 N–H and O–H groups in total. The first-order chi connectivity index (χ1) is 14.1. The minimum absolute atomic E-state index is 0.00822. The largest absolute Gasteiger partial charge is 0.496 e. The number of ether oxygens (including phenoxy) is 3. The number of hydrogen-bond donors (Lipinski definition) is 0. The molecule has 4 rings (SSSR count). The van der Waals surface area contributed by atoms with Gasteiger partial charge in [-0.15, -0.1) is 0 Å². The summed E-state index contributed by atoms with van der Waals surface area (Å²) in [6, 6.07) is 16.8. The predicted molar refractivity (Wildman–Crippen MR) is 108 cm³/mol. The van der Waals surface area contributed by atoms with Crippen LogP contribution in [-0.2, 0) is 6.61 Å². The maximum absolute atomic E-state index is 14.0. The predicted octanol–water partition coefficient (Wildman–Crippen LogP) is 5.68. The van der Waals surface area contributed by atoms with Crippen molar-refractivity contribution in [2.45, 2.75) is 6.61 Å². The number of fused-ring (bicyclic) bond motifs is 1. The summed E-state index contributed by atoms with van der Waals surface area (Å²) < 4.78 is 30.8. The summed E-state index contributed by atoms with van der Waals surface area (Å²) in [6.45, 7) is 0.296. The Morgan fingerprint density at radius 1 is 1.10 bits per heavy atom.